The zero-order chi connectivity index (χ0) is 13.1. The fourth-order valence-electron chi connectivity index (χ4n) is 1.81. The first-order chi connectivity index (χ1) is 8.65. The van der Waals surface area contributed by atoms with Gasteiger partial charge in [0.2, 0.25) is 0 Å². The lowest BCUT2D eigenvalue weighted by molar-refractivity contribution is 0.181. The van der Waals surface area contributed by atoms with Gasteiger partial charge in [-0.1, -0.05) is 0 Å². The number of hydrogen-bond donors (Lipinski definition) is 1. The standard InChI is InChI=1S/C13H14FNO3/c1-3-18-13-5-9-11(6-10(13)14)15-8(7-17-2)4-12(9)16/h4-6H,3,7H2,1-2H3,(H,15,16). The highest BCUT2D eigenvalue weighted by Crippen LogP contribution is 2.22. The SMILES string of the molecule is CCOc1cc2c(=O)cc(COC)[nH]c2cc1F. The fraction of sp³-hybridized carbons (Fsp3) is 0.308. The quantitative estimate of drug-likeness (QED) is 0.906. The summed E-state index contributed by atoms with van der Waals surface area (Å²) in [6, 6.07) is 4.13. The largest absolute Gasteiger partial charge is 0.491 e. The van der Waals surface area contributed by atoms with Gasteiger partial charge in [-0.25, -0.2) is 4.39 Å². The Labute approximate surface area is 103 Å². The number of aromatic amines is 1. The number of methoxy groups -OCH3 is 1. The summed E-state index contributed by atoms with van der Waals surface area (Å²) in [6.45, 7) is 2.39. The molecule has 0 unspecified atom stereocenters. The van der Waals surface area contributed by atoms with E-state index in [0.717, 1.165) is 0 Å². The van der Waals surface area contributed by atoms with E-state index in [1.54, 1.807) is 6.92 Å². The number of pyridine rings is 1. The van der Waals surface area contributed by atoms with E-state index in [1.165, 1.54) is 25.3 Å². The molecule has 0 atom stereocenters. The number of hydrogen-bond acceptors (Lipinski definition) is 3. The Kier molecular flexibility index (Phi) is 3.62. The van der Waals surface area contributed by atoms with Crippen molar-refractivity contribution in [1.29, 1.82) is 0 Å². The molecule has 4 nitrogen and oxygen atoms in total. The minimum absolute atomic E-state index is 0.0926. The number of aromatic nitrogens is 1. The molecule has 0 saturated heterocycles. The van der Waals surface area contributed by atoms with E-state index in [4.69, 9.17) is 9.47 Å². The van der Waals surface area contributed by atoms with Crippen LogP contribution in [0.2, 0.25) is 0 Å². The van der Waals surface area contributed by atoms with Crippen molar-refractivity contribution < 1.29 is 13.9 Å². The van der Waals surface area contributed by atoms with Crippen molar-refractivity contribution >= 4 is 10.9 Å². The third-order valence-electron chi connectivity index (χ3n) is 2.54. The molecule has 1 aromatic carbocycles. The van der Waals surface area contributed by atoms with Gasteiger partial charge in [-0.3, -0.25) is 4.79 Å². The lowest BCUT2D eigenvalue weighted by Crippen LogP contribution is -2.07. The Bertz CT molecular complexity index is 621. The molecular weight excluding hydrogens is 237 g/mol. The summed E-state index contributed by atoms with van der Waals surface area (Å²) < 4.78 is 23.7. The van der Waals surface area contributed by atoms with Crippen molar-refractivity contribution in [2.45, 2.75) is 13.5 Å². The molecule has 5 heteroatoms. The zero-order valence-corrected chi connectivity index (χ0v) is 10.2. The van der Waals surface area contributed by atoms with E-state index < -0.39 is 5.82 Å². The zero-order valence-electron chi connectivity index (χ0n) is 10.2. The number of fused-ring (bicyclic) bond motifs is 1. The van der Waals surface area contributed by atoms with Crippen LogP contribution in [0.4, 0.5) is 4.39 Å². The third-order valence-corrected chi connectivity index (χ3v) is 2.54. The summed E-state index contributed by atoms with van der Waals surface area (Å²) in [5.41, 5.74) is 0.866. The number of ether oxygens (including phenoxy) is 2. The van der Waals surface area contributed by atoms with Crippen LogP contribution in [0.3, 0.4) is 0 Å². The molecule has 0 aliphatic heterocycles. The minimum Gasteiger partial charge on any atom is -0.491 e. The van der Waals surface area contributed by atoms with Crippen molar-refractivity contribution in [3.05, 3.63) is 39.9 Å². The van der Waals surface area contributed by atoms with E-state index in [0.29, 0.717) is 23.2 Å². The van der Waals surface area contributed by atoms with Gasteiger partial charge in [-0.2, -0.15) is 0 Å². The summed E-state index contributed by atoms with van der Waals surface area (Å²) >= 11 is 0. The van der Waals surface area contributed by atoms with Crippen LogP contribution in [-0.4, -0.2) is 18.7 Å². The molecule has 0 bridgehead atoms. The third kappa shape index (κ3) is 2.36. The number of rotatable bonds is 4. The van der Waals surface area contributed by atoms with Crippen LogP contribution in [0.25, 0.3) is 10.9 Å². The molecule has 0 amide bonds. The van der Waals surface area contributed by atoms with Crippen LogP contribution < -0.4 is 10.2 Å². The molecule has 1 heterocycles. The molecule has 0 radical (unpaired) electrons. The second kappa shape index (κ2) is 5.18. The summed E-state index contributed by atoms with van der Waals surface area (Å²) in [4.78, 5) is 14.8. The minimum atomic E-state index is -0.491. The van der Waals surface area contributed by atoms with Gasteiger partial charge in [0.05, 0.1) is 18.7 Å². The van der Waals surface area contributed by atoms with Crippen LogP contribution in [0.15, 0.2) is 23.0 Å². The average Bonchev–Trinajstić information content (AvgIpc) is 2.32. The Balaban J connectivity index is 2.61. The Morgan fingerprint density at radius 1 is 1.33 bits per heavy atom. The van der Waals surface area contributed by atoms with E-state index in [2.05, 4.69) is 4.98 Å². The smallest absolute Gasteiger partial charge is 0.189 e. The predicted octanol–water partition coefficient (Wildman–Crippen LogP) is 2.21. The van der Waals surface area contributed by atoms with Gasteiger partial charge in [0.25, 0.3) is 0 Å². The van der Waals surface area contributed by atoms with Crippen molar-refractivity contribution in [3.8, 4) is 5.75 Å². The van der Waals surface area contributed by atoms with E-state index >= 15 is 0 Å². The molecular formula is C13H14FNO3. The van der Waals surface area contributed by atoms with Gasteiger partial charge >= 0.3 is 0 Å². The maximum Gasteiger partial charge on any atom is 0.189 e. The topological polar surface area (TPSA) is 51.3 Å². The molecule has 0 fully saturated rings. The molecule has 0 aliphatic rings. The number of H-pyrrole nitrogens is 1. The van der Waals surface area contributed by atoms with Crippen LogP contribution in [-0.2, 0) is 11.3 Å². The number of halogens is 1. The molecule has 0 saturated carbocycles. The fourth-order valence-corrected chi connectivity index (χ4v) is 1.81. The normalized spacial score (nSPS) is 10.8. The Hall–Kier alpha value is -1.88. The molecule has 2 rings (SSSR count). The molecule has 0 aliphatic carbocycles. The Morgan fingerprint density at radius 2 is 2.11 bits per heavy atom. The summed E-state index contributed by atoms with van der Waals surface area (Å²) in [5, 5.41) is 0.403. The van der Waals surface area contributed by atoms with Gasteiger partial charge in [-0.15, -0.1) is 0 Å². The molecule has 0 spiro atoms. The monoisotopic (exact) mass is 251 g/mol. The van der Waals surface area contributed by atoms with Gasteiger partial charge in [0.1, 0.15) is 0 Å². The molecule has 18 heavy (non-hydrogen) atoms. The lowest BCUT2D eigenvalue weighted by atomic mass is 10.2. The van der Waals surface area contributed by atoms with Crippen LogP contribution in [0.1, 0.15) is 12.6 Å². The Morgan fingerprint density at radius 3 is 2.78 bits per heavy atom. The van der Waals surface area contributed by atoms with Crippen LogP contribution in [0, 0.1) is 5.82 Å². The lowest BCUT2D eigenvalue weighted by Gasteiger charge is -2.07. The summed E-state index contributed by atoms with van der Waals surface area (Å²) in [7, 11) is 1.53. The van der Waals surface area contributed by atoms with Gasteiger partial charge < -0.3 is 14.5 Å². The second-order valence-electron chi connectivity index (χ2n) is 3.85. The van der Waals surface area contributed by atoms with Crippen molar-refractivity contribution in [2.75, 3.05) is 13.7 Å². The maximum atomic E-state index is 13.7. The highest BCUT2D eigenvalue weighted by molar-refractivity contribution is 5.80. The first-order valence-corrected chi connectivity index (χ1v) is 5.63. The average molecular weight is 251 g/mol. The van der Waals surface area contributed by atoms with Crippen LogP contribution >= 0.6 is 0 Å². The molecule has 1 N–H and O–H groups in total. The van der Waals surface area contributed by atoms with Crippen molar-refractivity contribution in [3.63, 3.8) is 0 Å². The number of benzene rings is 1. The van der Waals surface area contributed by atoms with E-state index in [1.807, 2.05) is 0 Å². The highest BCUT2D eigenvalue weighted by Gasteiger charge is 2.09. The second-order valence-corrected chi connectivity index (χ2v) is 3.85. The maximum absolute atomic E-state index is 13.7. The summed E-state index contributed by atoms with van der Waals surface area (Å²) in [5.74, 6) is -0.399. The summed E-state index contributed by atoms with van der Waals surface area (Å²) in [6.07, 6.45) is 0. The van der Waals surface area contributed by atoms with Gasteiger partial charge in [0, 0.05) is 30.3 Å². The van der Waals surface area contributed by atoms with Crippen molar-refractivity contribution in [2.24, 2.45) is 0 Å². The molecule has 1 aromatic heterocycles. The van der Waals surface area contributed by atoms with E-state index in [-0.39, 0.29) is 17.8 Å². The predicted molar refractivity (Wildman–Crippen MR) is 66.4 cm³/mol. The van der Waals surface area contributed by atoms with Crippen LogP contribution in [0.5, 0.6) is 5.75 Å². The van der Waals surface area contributed by atoms with E-state index in [9.17, 15) is 9.18 Å². The first kappa shape index (κ1) is 12.6. The van der Waals surface area contributed by atoms with Crippen molar-refractivity contribution in [1.82, 2.24) is 4.98 Å². The van der Waals surface area contributed by atoms with Gasteiger partial charge in [0.15, 0.2) is 17.0 Å². The molecule has 2 aromatic rings. The molecule has 96 valence electrons. The number of nitrogens with one attached hydrogen (secondary N) is 1. The highest BCUT2D eigenvalue weighted by atomic mass is 19.1. The van der Waals surface area contributed by atoms with Gasteiger partial charge in [-0.05, 0) is 13.0 Å². The first-order valence-electron chi connectivity index (χ1n) is 5.63.